The number of esters is 1. The summed E-state index contributed by atoms with van der Waals surface area (Å²) in [5.74, 6) is 1.54. The minimum Gasteiger partial charge on any atom is -0.465 e. The van der Waals surface area contributed by atoms with Gasteiger partial charge in [0.05, 0.1) is 0 Å². The van der Waals surface area contributed by atoms with Gasteiger partial charge >= 0.3 is 5.97 Å². The predicted molar refractivity (Wildman–Crippen MR) is 49.3 cm³/mol. The van der Waals surface area contributed by atoms with E-state index < -0.39 is 0 Å². The molecule has 0 amide bonds. The molecule has 12 heavy (non-hydrogen) atoms. The first-order valence-electron chi connectivity index (χ1n) is 3.83. The number of rotatable bonds is 6. The Labute approximate surface area is 76.9 Å². The van der Waals surface area contributed by atoms with Crippen molar-refractivity contribution in [2.24, 2.45) is 0 Å². The number of thioether (sulfide) groups is 1. The highest BCUT2D eigenvalue weighted by molar-refractivity contribution is 7.99. The third-order valence-electron chi connectivity index (χ3n) is 1.13. The lowest BCUT2D eigenvalue weighted by molar-refractivity contribution is -0.140. The van der Waals surface area contributed by atoms with E-state index in [0.717, 1.165) is 11.5 Å². The molecule has 0 aromatic rings. The maximum atomic E-state index is 10.5. The summed E-state index contributed by atoms with van der Waals surface area (Å²) in [6.45, 7) is 3.41. The van der Waals surface area contributed by atoms with Crippen molar-refractivity contribution in [3.63, 3.8) is 0 Å². The van der Waals surface area contributed by atoms with Crippen LogP contribution >= 0.6 is 11.8 Å². The van der Waals surface area contributed by atoms with Crippen molar-refractivity contribution in [1.82, 2.24) is 0 Å². The lowest BCUT2D eigenvalue weighted by atomic mass is 10.4. The average Bonchev–Trinajstić information content (AvgIpc) is 1.95. The average molecular weight is 190 g/mol. The Morgan fingerprint density at radius 1 is 1.25 bits per heavy atom. The molecule has 0 saturated heterocycles. The van der Waals surface area contributed by atoms with E-state index in [2.05, 4.69) is 0 Å². The van der Waals surface area contributed by atoms with E-state index in [9.17, 15) is 9.59 Å². The third kappa shape index (κ3) is 9.49. The quantitative estimate of drug-likeness (QED) is 0.467. The number of carbonyl (C=O) groups is 2. The van der Waals surface area contributed by atoms with Crippen LogP contribution in [0, 0.1) is 0 Å². The summed E-state index contributed by atoms with van der Waals surface area (Å²) in [6.07, 6.45) is 0.602. The van der Waals surface area contributed by atoms with E-state index in [1.807, 2.05) is 0 Å². The second kappa shape index (κ2) is 7.16. The van der Waals surface area contributed by atoms with E-state index in [1.54, 1.807) is 18.7 Å². The summed E-state index contributed by atoms with van der Waals surface area (Å²) in [7, 11) is 0. The zero-order valence-corrected chi connectivity index (χ0v) is 8.28. The molecule has 0 saturated carbocycles. The van der Waals surface area contributed by atoms with Crippen molar-refractivity contribution < 1.29 is 14.3 Å². The standard InChI is InChI=1S/C8H14O3S/c1-7(9)3-5-12-6-4-11-8(2)10/h3-6H2,1-2H3. The van der Waals surface area contributed by atoms with Crippen LogP contribution in [0.25, 0.3) is 0 Å². The van der Waals surface area contributed by atoms with Gasteiger partial charge in [-0.25, -0.2) is 0 Å². The van der Waals surface area contributed by atoms with Crippen molar-refractivity contribution in [3.8, 4) is 0 Å². The lowest BCUT2D eigenvalue weighted by Crippen LogP contribution is -2.03. The zero-order chi connectivity index (χ0) is 9.40. The Morgan fingerprint density at radius 3 is 2.42 bits per heavy atom. The van der Waals surface area contributed by atoms with E-state index in [1.165, 1.54) is 6.92 Å². The van der Waals surface area contributed by atoms with Crippen LogP contribution in [0.3, 0.4) is 0 Å². The van der Waals surface area contributed by atoms with Gasteiger partial charge in [0, 0.05) is 24.9 Å². The normalized spacial score (nSPS) is 9.50. The van der Waals surface area contributed by atoms with Crippen LogP contribution < -0.4 is 0 Å². The summed E-state index contributed by atoms with van der Waals surface area (Å²) in [5.41, 5.74) is 0. The number of ketones is 1. The maximum Gasteiger partial charge on any atom is 0.302 e. The van der Waals surface area contributed by atoms with Gasteiger partial charge in [0.1, 0.15) is 12.4 Å². The number of Topliss-reactive ketones (excluding diaryl/α,β-unsaturated/α-hetero) is 1. The van der Waals surface area contributed by atoms with Crippen molar-refractivity contribution in [2.75, 3.05) is 18.1 Å². The molecule has 0 unspecified atom stereocenters. The Kier molecular flexibility index (Phi) is 6.85. The first kappa shape index (κ1) is 11.5. The van der Waals surface area contributed by atoms with Crippen molar-refractivity contribution in [2.45, 2.75) is 20.3 Å². The fourth-order valence-electron chi connectivity index (χ4n) is 0.562. The van der Waals surface area contributed by atoms with Crippen LogP contribution in [-0.2, 0) is 14.3 Å². The Hall–Kier alpha value is -0.510. The molecule has 0 spiro atoms. The molecule has 4 heteroatoms. The van der Waals surface area contributed by atoms with Gasteiger partial charge in [0.15, 0.2) is 0 Å². The topological polar surface area (TPSA) is 43.4 Å². The van der Waals surface area contributed by atoms with E-state index in [4.69, 9.17) is 4.74 Å². The lowest BCUT2D eigenvalue weighted by Gasteiger charge is -2.00. The predicted octanol–water partition coefficient (Wildman–Crippen LogP) is 1.26. The number of hydrogen-bond acceptors (Lipinski definition) is 4. The summed E-state index contributed by atoms with van der Waals surface area (Å²) in [6, 6.07) is 0. The van der Waals surface area contributed by atoms with Crippen LogP contribution in [0.4, 0.5) is 0 Å². The molecule has 0 radical (unpaired) electrons. The number of ether oxygens (including phenoxy) is 1. The molecular weight excluding hydrogens is 176 g/mol. The molecule has 0 aliphatic rings. The highest BCUT2D eigenvalue weighted by Crippen LogP contribution is 2.02. The van der Waals surface area contributed by atoms with Crippen LogP contribution in [-0.4, -0.2) is 29.9 Å². The molecule has 0 rings (SSSR count). The van der Waals surface area contributed by atoms with Crippen LogP contribution in [0.5, 0.6) is 0 Å². The first-order chi connectivity index (χ1) is 5.63. The summed E-state index contributed by atoms with van der Waals surface area (Å²) in [4.78, 5) is 20.8. The van der Waals surface area contributed by atoms with Gasteiger partial charge in [-0.05, 0) is 6.92 Å². The molecule has 0 atom stereocenters. The molecule has 0 aliphatic heterocycles. The second-order valence-electron chi connectivity index (χ2n) is 2.40. The Balaban J connectivity index is 3.01. The first-order valence-corrected chi connectivity index (χ1v) is 4.99. The van der Waals surface area contributed by atoms with Crippen LogP contribution in [0.2, 0.25) is 0 Å². The molecule has 0 aliphatic carbocycles. The minimum absolute atomic E-state index is 0.204. The summed E-state index contributed by atoms with van der Waals surface area (Å²) in [5, 5.41) is 0. The number of carbonyl (C=O) groups excluding carboxylic acids is 2. The van der Waals surface area contributed by atoms with E-state index >= 15 is 0 Å². The van der Waals surface area contributed by atoms with Crippen LogP contribution in [0.1, 0.15) is 20.3 Å². The van der Waals surface area contributed by atoms with E-state index in [0.29, 0.717) is 13.0 Å². The SMILES string of the molecule is CC(=O)CCSCCOC(C)=O. The Bertz CT molecular complexity index is 138. The molecule has 70 valence electrons. The summed E-state index contributed by atoms with van der Waals surface area (Å²) >= 11 is 1.63. The number of hydrogen-bond donors (Lipinski definition) is 0. The maximum absolute atomic E-state index is 10.5. The fourth-order valence-corrected chi connectivity index (χ4v) is 1.40. The summed E-state index contributed by atoms with van der Waals surface area (Å²) < 4.78 is 4.70. The third-order valence-corrected chi connectivity index (χ3v) is 2.08. The van der Waals surface area contributed by atoms with E-state index in [-0.39, 0.29) is 11.8 Å². The van der Waals surface area contributed by atoms with Gasteiger partial charge in [0.2, 0.25) is 0 Å². The van der Waals surface area contributed by atoms with Gasteiger partial charge in [-0.1, -0.05) is 0 Å². The van der Waals surface area contributed by atoms with Crippen molar-refractivity contribution in [1.29, 1.82) is 0 Å². The highest BCUT2D eigenvalue weighted by atomic mass is 32.2. The molecule has 0 N–H and O–H groups in total. The highest BCUT2D eigenvalue weighted by Gasteiger charge is 1.95. The molecule has 0 bridgehead atoms. The van der Waals surface area contributed by atoms with Gasteiger partial charge in [-0.2, -0.15) is 11.8 Å². The molecule has 0 aromatic carbocycles. The second-order valence-corrected chi connectivity index (χ2v) is 3.63. The van der Waals surface area contributed by atoms with Gasteiger partial charge < -0.3 is 4.74 Å². The molecular formula is C8H14O3S. The molecule has 0 fully saturated rings. The zero-order valence-electron chi connectivity index (χ0n) is 7.46. The molecule has 0 aromatic heterocycles. The van der Waals surface area contributed by atoms with Gasteiger partial charge in [-0.15, -0.1) is 0 Å². The van der Waals surface area contributed by atoms with Gasteiger partial charge in [-0.3, -0.25) is 9.59 Å². The smallest absolute Gasteiger partial charge is 0.302 e. The van der Waals surface area contributed by atoms with Crippen molar-refractivity contribution in [3.05, 3.63) is 0 Å². The Morgan fingerprint density at radius 2 is 1.92 bits per heavy atom. The molecule has 0 heterocycles. The monoisotopic (exact) mass is 190 g/mol. The van der Waals surface area contributed by atoms with Gasteiger partial charge in [0.25, 0.3) is 0 Å². The van der Waals surface area contributed by atoms with Crippen molar-refractivity contribution >= 4 is 23.5 Å². The molecule has 3 nitrogen and oxygen atoms in total. The van der Waals surface area contributed by atoms with Crippen LogP contribution in [0.15, 0.2) is 0 Å². The fraction of sp³-hybridized carbons (Fsp3) is 0.750. The largest absolute Gasteiger partial charge is 0.465 e. The minimum atomic E-state index is -0.248.